The Labute approximate surface area is 65.2 Å². The number of carbonyl (C=O) groups is 1. The van der Waals surface area contributed by atoms with E-state index in [1.165, 1.54) is 6.07 Å². The highest BCUT2D eigenvalue weighted by Gasteiger charge is 2.02. The SMILES string of the molecule is Bc1cc(C(=O)O)ccc1N. The Morgan fingerprint density at radius 1 is 1.55 bits per heavy atom. The van der Waals surface area contributed by atoms with Crippen molar-refractivity contribution in [2.45, 2.75) is 0 Å². The van der Waals surface area contributed by atoms with Gasteiger partial charge in [0.05, 0.1) is 5.56 Å². The molecule has 11 heavy (non-hydrogen) atoms. The summed E-state index contributed by atoms with van der Waals surface area (Å²) in [7, 11) is 1.78. The zero-order valence-electron chi connectivity index (χ0n) is 6.16. The third kappa shape index (κ3) is 1.52. The number of nitrogens with two attached hydrogens (primary N) is 1. The van der Waals surface area contributed by atoms with Gasteiger partial charge in [0.15, 0.2) is 0 Å². The molecule has 4 heteroatoms. The first-order chi connectivity index (χ1) is 5.11. The van der Waals surface area contributed by atoms with Gasteiger partial charge in [-0.2, -0.15) is 0 Å². The molecular weight excluding hydrogens is 141 g/mol. The van der Waals surface area contributed by atoms with E-state index >= 15 is 0 Å². The number of aromatic carboxylic acids is 1. The molecule has 0 saturated carbocycles. The average Bonchev–Trinajstić information content (AvgIpc) is 1.94. The molecule has 1 rings (SSSR count). The van der Waals surface area contributed by atoms with E-state index < -0.39 is 5.97 Å². The van der Waals surface area contributed by atoms with E-state index in [9.17, 15) is 4.79 Å². The van der Waals surface area contributed by atoms with Crippen LogP contribution in [-0.4, -0.2) is 18.9 Å². The van der Waals surface area contributed by atoms with Gasteiger partial charge in [-0.1, -0.05) is 11.5 Å². The fourth-order valence-electron chi connectivity index (χ4n) is 0.809. The minimum absolute atomic E-state index is 0.275. The van der Waals surface area contributed by atoms with Crippen LogP contribution in [0.3, 0.4) is 0 Å². The second kappa shape index (κ2) is 2.66. The van der Waals surface area contributed by atoms with E-state index in [0.717, 1.165) is 5.46 Å². The molecule has 0 radical (unpaired) electrons. The molecule has 0 aliphatic carbocycles. The van der Waals surface area contributed by atoms with Gasteiger partial charge in [0.2, 0.25) is 0 Å². The standard InChI is InChI=1S/C7H8BNO2/c8-5-3-4(7(10)11)1-2-6(5)9/h1-3H,8-9H2,(H,10,11). The Morgan fingerprint density at radius 3 is 2.64 bits per heavy atom. The highest BCUT2D eigenvalue weighted by atomic mass is 16.4. The van der Waals surface area contributed by atoms with Gasteiger partial charge in [-0.05, 0) is 12.1 Å². The third-order valence-electron chi connectivity index (χ3n) is 1.52. The number of carboxylic acid groups (broad SMARTS) is 1. The summed E-state index contributed by atoms with van der Waals surface area (Å²) >= 11 is 0. The fourth-order valence-corrected chi connectivity index (χ4v) is 0.809. The van der Waals surface area contributed by atoms with Gasteiger partial charge in [0.25, 0.3) is 0 Å². The Bertz CT molecular complexity index is 298. The lowest BCUT2D eigenvalue weighted by Crippen LogP contribution is -2.12. The fraction of sp³-hybridized carbons (Fsp3) is 0. The van der Waals surface area contributed by atoms with Gasteiger partial charge in [-0.25, -0.2) is 4.79 Å². The molecule has 0 aromatic heterocycles. The van der Waals surface area contributed by atoms with E-state index in [1.54, 1.807) is 20.0 Å². The van der Waals surface area contributed by atoms with E-state index in [4.69, 9.17) is 10.8 Å². The van der Waals surface area contributed by atoms with Crippen LogP contribution in [-0.2, 0) is 0 Å². The van der Waals surface area contributed by atoms with Gasteiger partial charge in [-0.3, -0.25) is 0 Å². The first-order valence-electron chi connectivity index (χ1n) is 3.20. The quantitative estimate of drug-likeness (QED) is 0.406. The Balaban J connectivity index is 3.15. The number of carboxylic acids is 1. The third-order valence-corrected chi connectivity index (χ3v) is 1.52. The lowest BCUT2D eigenvalue weighted by Gasteiger charge is -1.99. The molecule has 56 valence electrons. The van der Waals surface area contributed by atoms with Gasteiger partial charge >= 0.3 is 5.97 Å². The van der Waals surface area contributed by atoms with Crippen molar-refractivity contribution in [1.82, 2.24) is 0 Å². The summed E-state index contributed by atoms with van der Waals surface area (Å²) in [5.41, 5.74) is 7.19. The highest BCUT2D eigenvalue weighted by molar-refractivity contribution is 6.36. The Kier molecular flexibility index (Phi) is 1.85. The van der Waals surface area contributed by atoms with Gasteiger partial charge < -0.3 is 10.8 Å². The summed E-state index contributed by atoms with van der Waals surface area (Å²) in [6, 6.07) is 4.64. The maximum Gasteiger partial charge on any atom is 0.335 e. The molecule has 1 aromatic carbocycles. The molecule has 0 saturated heterocycles. The zero-order chi connectivity index (χ0) is 8.43. The summed E-state index contributed by atoms with van der Waals surface area (Å²) in [6.45, 7) is 0. The smallest absolute Gasteiger partial charge is 0.335 e. The van der Waals surface area contributed by atoms with Crippen molar-refractivity contribution >= 4 is 25.0 Å². The largest absolute Gasteiger partial charge is 0.478 e. The minimum Gasteiger partial charge on any atom is -0.478 e. The van der Waals surface area contributed by atoms with Crippen molar-refractivity contribution in [2.75, 3.05) is 5.73 Å². The van der Waals surface area contributed by atoms with Crippen LogP contribution in [0.2, 0.25) is 0 Å². The predicted molar refractivity (Wildman–Crippen MR) is 46.0 cm³/mol. The van der Waals surface area contributed by atoms with Crippen LogP contribution in [0.4, 0.5) is 5.69 Å². The summed E-state index contributed by atoms with van der Waals surface area (Å²) in [4.78, 5) is 10.4. The molecule has 3 N–H and O–H groups in total. The molecule has 0 atom stereocenters. The normalized spacial score (nSPS) is 9.45. The maximum atomic E-state index is 10.4. The molecule has 3 nitrogen and oxygen atoms in total. The molecular formula is C7H8BNO2. The molecule has 0 amide bonds. The first-order valence-corrected chi connectivity index (χ1v) is 3.20. The topological polar surface area (TPSA) is 63.3 Å². The molecule has 0 heterocycles. The summed E-state index contributed by atoms with van der Waals surface area (Å²) in [6.07, 6.45) is 0. The molecule has 0 fully saturated rings. The Morgan fingerprint density at radius 2 is 2.18 bits per heavy atom. The number of benzene rings is 1. The summed E-state index contributed by atoms with van der Waals surface area (Å²) in [5.74, 6) is -0.923. The highest BCUT2D eigenvalue weighted by Crippen LogP contribution is 2.01. The van der Waals surface area contributed by atoms with E-state index in [2.05, 4.69) is 0 Å². The molecule has 0 aliphatic rings. The second-order valence-corrected chi connectivity index (χ2v) is 2.38. The van der Waals surface area contributed by atoms with E-state index in [0.29, 0.717) is 5.69 Å². The summed E-state index contributed by atoms with van der Waals surface area (Å²) in [5, 5.41) is 8.56. The number of hydrogen-bond donors (Lipinski definition) is 2. The summed E-state index contributed by atoms with van der Waals surface area (Å²) < 4.78 is 0. The molecule has 0 unspecified atom stereocenters. The van der Waals surface area contributed by atoms with Crippen molar-refractivity contribution in [1.29, 1.82) is 0 Å². The molecule has 0 spiro atoms. The van der Waals surface area contributed by atoms with Crippen molar-refractivity contribution in [2.24, 2.45) is 0 Å². The van der Waals surface area contributed by atoms with Crippen molar-refractivity contribution in [3.63, 3.8) is 0 Å². The number of rotatable bonds is 1. The zero-order valence-corrected chi connectivity index (χ0v) is 6.16. The van der Waals surface area contributed by atoms with Crippen LogP contribution >= 0.6 is 0 Å². The van der Waals surface area contributed by atoms with Crippen molar-refractivity contribution in [3.05, 3.63) is 23.8 Å². The monoisotopic (exact) mass is 149 g/mol. The van der Waals surface area contributed by atoms with Gasteiger partial charge in [0, 0.05) is 5.69 Å². The van der Waals surface area contributed by atoms with Crippen molar-refractivity contribution < 1.29 is 9.90 Å². The molecule has 1 aromatic rings. The van der Waals surface area contributed by atoms with Crippen molar-refractivity contribution in [3.8, 4) is 0 Å². The minimum atomic E-state index is -0.923. The number of hydrogen-bond acceptors (Lipinski definition) is 2. The maximum absolute atomic E-state index is 10.4. The van der Waals surface area contributed by atoms with Crippen LogP contribution in [0, 0.1) is 0 Å². The molecule has 0 aliphatic heterocycles. The first kappa shape index (κ1) is 7.66. The van der Waals surface area contributed by atoms with Crippen LogP contribution in [0.15, 0.2) is 18.2 Å². The lowest BCUT2D eigenvalue weighted by atomic mass is 9.92. The van der Waals surface area contributed by atoms with Crippen LogP contribution in [0.1, 0.15) is 10.4 Å². The van der Waals surface area contributed by atoms with Crippen LogP contribution in [0.25, 0.3) is 0 Å². The average molecular weight is 149 g/mol. The Hall–Kier alpha value is -1.45. The second-order valence-electron chi connectivity index (χ2n) is 2.38. The van der Waals surface area contributed by atoms with E-state index in [1.807, 2.05) is 0 Å². The van der Waals surface area contributed by atoms with Crippen LogP contribution < -0.4 is 11.2 Å². The number of nitrogen functional groups attached to an aromatic ring is 1. The van der Waals surface area contributed by atoms with Gasteiger partial charge in [-0.15, -0.1) is 0 Å². The lowest BCUT2D eigenvalue weighted by molar-refractivity contribution is 0.0697. The van der Waals surface area contributed by atoms with Crippen LogP contribution in [0.5, 0.6) is 0 Å². The number of anilines is 1. The molecule has 0 bridgehead atoms. The predicted octanol–water partition coefficient (Wildman–Crippen LogP) is -0.775. The van der Waals surface area contributed by atoms with E-state index in [-0.39, 0.29) is 5.56 Å². The van der Waals surface area contributed by atoms with Gasteiger partial charge in [0.1, 0.15) is 7.85 Å².